The molecule has 0 amide bonds. The van der Waals surface area contributed by atoms with Crippen LogP contribution in [0, 0.1) is 0 Å². The highest BCUT2D eigenvalue weighted by Crippen LogP contribution is 2.22. The standard InChI is InChI=1S/C13H24N4S/c1-9(2)12-16-10(14-5)7-11(17-12)15-8-13(3,4)18-6/h7,9H,8H2,1-6H3,(H2,14,15,16,17). The number of anilines is 2. The highest BCUT2D eigenvalue weighted by atomic mass is 32.2. The number of hydrogen-bond acceptors (Lipinski definition) is 5. The normalized spacial score (nSPS) is 11.7. The van der Waals surface area contributed by atoms with E-state index < -0.39 is 0 Å². The molecular weight excluding hydrogens is 244 g/mol. The van der Waals surface area contributed by atoms with Gasteiger partial charge in [-0.2, -0.15) is 11.8 Å². The number of aromatic nitrogens is 2. The largest absolute Gasteiger partial charge is 0.373 e. The van der Waals surface area contributed by atoms with Gasteiger partial charge >= 0.3 is 0 Å². The zero-order chi connectivity index (χ0) is 13.8. The Bertz CT molecular complexity index is 391. The van der Waals surface area contributed by atoms with E-state index in [0.29, 0.717) is 5.92 Å². The summed E-state index contributed by atoms with van der Waals surface area (Å²) >= 11 is 1.85. The highest BCUT2D eigenvalue weighted by molar-refractivity contribution is 7.99. The van der Waals surface area contributed by atoms with Crippen molar-refractivity contribution in [1.82, 2.24) is 9.97 Å². The molecule has 1 heterocycles. The van der Waals surface area contributed by atoms with Crippen molar-refractivity contribution in [2.75, 3.05) is 30.5 Å². The quantitative estimate of drug-likeness (QED) is 0.830. The molecular formula is C13H24N4S. The molecule has 1 rings (SSSR count). The maximum absolute atomic E-state index is 4.55. The summed E-state index contributed by atoms with van der Waals surface area (Å²) in [6.45, 7) is 9.52. The Hall–Kier alpha value is -0.970. The number of thioether (sulfide) groups is 1. The van der Waals surface area contributed by atoms with E-state index in [2.05, 4.69) is 54.6 Å². The molecule has 0 aliphatic heterocycles. The molecule has 0 unspecified atom stereocenters. The molecule has 0 saturated carbocycles. The Morgan fingerprint density at radius 2 is 1.89 bits per heavy atom. The lowest BCUT2D eigenvalue weighted by atomic mass is 10.2. The van der Waals surface area contributed by atoms with Crippen LogP contribution in [0.1, 0.15) is 39.4 Å². The summed E-state index contributed by atoms with van der Waals surface area (Å²) in [4.78, 5) is 9.00. The Morgan fingerprint density at radius 1 is 1.28 bits per heavy atom. The van der Waals surface area contributed by atoms with Gasteiger partial charge in [-0.15, -0.1) is 0 Å². The molecule has 1 aromatic rings. The SMILES string of the molecule is CNc1cc(NCC(C)(C)SC)nc(C(C)C)n1. The molecule has 0 aliphatic carbocycles. The van der Waals surface area contributed by atoms with E-state index in [1.165, 1.54) is 0 Å². The van der Waals surface area contributed by atoms with Crippen LogP contribution >= 0.6 is 11.8 Å². The number of hydrogen-bond donors (Lipinski definition) is 2. The van der Waals surface area contributed by atoms with E-state index >= 15 is 0 Å². The first-order chi connectivity index (χ1) is 8.38. The Kier molecular flexibility index (Phi) is 5.26. The van der Waals surface area contributed by atoms with Gasteiger partial charge in [0.05, 0.1) is 0 Å². The Balaban J connectivity index is 2.85. The van der Waals surface area contributed by atoms with Crippen LogP contribution in [0.2, 0.25) is 0 Å². The molecule has 18 heavy (non-hydrogen) atoms. The first-order valence-electron chi connectivity index (χ1n) is 6.23. The molecule has 0 spiro atoms. The van der Waals surface area contributed by atoms with Crippen molar-refractivity contribution in [3.05, 3.63) is 11.9 Å². The topological polar surface area (TPSA) is 49.8 Å². The third-order valence-electron chi connectivity index (χ3n) is 2.76. The fraction of sp³-hybridized carbons (Fsp3) is 0.692. The molecule has 1 aromatic heterocycles. The van der Waals surface area contributed by atoms with E-state index in [-0.39, 0.29) is 4.75 Å². The van der Waals surface area contributed by atoms with Crippen molar-refractivity contribution in [2.24, 2.45) is 0 Å². The van der Waals surface area contributed by atoms with Crippen LogP contribution in [0.3, 0.4) is 0 Å². The van der Waals surface area contributed by atoms with E-state index in [4.69, 9.17) is 0 Å². The second-order valence-corrected chi connectivity index (χ2v) is 6.73. The number of nitrogens with zero attached hydrogens (tertiary/aromatic N) is 2. The van der Waals surface area contributed by atoms with Gasteiger partial charge in [-0.1, -0.05) is 13.8 Å². The van der Waals surface area contributed by atoms with Crippen molar-refractivity contribution < 1.29 is 0 Å². The molecule has 0 saturated heterocycles. The third kappa shape index (κ3) is 4.37. The van der Waals surface area contributed by atoms with Crippen molar-refractivity contribution in [2.45, 2.75) is 38.4 Å². The van der Waals surface area contributed by atoms with Crippen LogP contribution in [-0.2, 0) is 0 Å². The van der Waals surface area contributed by atoms with E-state index in [1.54, 1.807) is 0 Å². The lowest BCUT2D eigenvalue weighted by molar-refractivity contribution is 0.741. The fourth-order valence-electron chi connectivity index (χ4n) is 1.32. The van der Waals surface area contributed by atoms with Gasteiger partial charge in [-0.25, -0.2) is 9.97 Å². The summed E-state index contributed by atoms with van der Waals surface area (Å²) in [7, 11) is 1.88. The maximum Gasteiger partial charge on any atom is 0.135 e. The monoisotopic (exact) mass is 268 g/mol. The summed E-state index contributed by atoms with van der Waals surface area (Å²) < 4.78 is 0.197. The van der Waals surface area contributed by atoms with E-state index in [9.17, 15) is 0 Å². The predicted molar refractivity (Wildman–Crippen MR) is 81.8 cm³/mol. The van der Waals surface area contributed by atoms with E-state index in [1.807, 2.05) is 24.9 Å². The van der Waals surface area contributed by atoms with Crippen molar-refractivity contribution >= 4 is 23.4 Å². The van der Waals surface area contributed by atoms with Crippen molar-refractivity contribution in [3.8, 4) is 0 Å². The Morgan fingerprint density at radius 3 is 2.39 bits per heavy atom. The molecule has 5 heteroatoms. The first-order valence-corrected chi connectivity index (χ1v) is 7.46. The summed E-state index contributed by atoms with van der Waals surface area (Å²) in [5, 5.41) is 6.47. The average molecular weight is 268 g/mol. The van der Waals surface area contributed by atoms with Gasteiger partial charge in [0, 0.05) is 30.3 Å². The molecule has 4 nitrogen and oxygen atoms in total. The Labute approximate surface area is 114 Å². The molecule has 0 aromatic carbocycles. The van der Waals surface area contributed by atoms with Crippen LogP contribution in [-0.4, -0.2) is 34.6 Å². The van der Waals surface area contributed by atoms with Gasteiger partial charge in [0.25, 0.3) is 0 Å². The maximum atomic E-state index is 4.55. The molecule has 2 N–H and O–H groups in total. The van der Waals surface area contributed by atoms with Gasteiger partial charge in [-0.3, -0.25) is 0 Å². The van der Waals surface area contributed by atoms with Gasteiger partial charge < -0.3 is 10.6 Å². The summed E-state index contributed by atoms with van der Waals surface area (Å²) in [5.41, 5.74) is 0. The molecule has 0 bridgehead atoms. The predicted octanol–water partition coefficient (Wildman–Crippen LogP) is 3.20. The van der Waals surface area contributed by atoms with Crippen LogP contribution in [0.5, 0.6) is 0 Å². The number of rotatable bonds is 6. The second kappa shape index (κ2) is 6.27. The van der Waals surface area contributed by atoms with Crippen molar-refractivity contribution in [1.29, 1.82) is 0 Å². The summed E-state index contributed by atoms with van der Waals surface area (Å²) in [6, 6.07) is 1.95. The van der Waals surface area contributed by atoms with E-state index in [0.717, 1.165) is 24.0 Å². The first kappa shape index (κ1) is 15.1. The smallest absolute Gasteiger partial charge is 0.135 e. The fourth-order valence-corrected chi connectivity index (χ4v) is 1.53. The van der Waals surface area contributed by atoms with Crippen LogP contribution in [0.25, 0.3) is 0 Å². The van der Waals surface area contributed by atoms with Crippen LogP contribution in [0.15, 0.2) is 6.07 Å². The minimum atomic E-state index is 0.197. The molecule has 0 aliphatic rings. The summed E-state index contributed by atoms with van der Waals surface area (Å²) in [6.07, 6.45) is 2.13. The lowest BCUT2D eigenvalue weighted by Crippen LogP contribution is -2.26. The number of nitrogens with one attached hydrogen (secondary N) is 2. The zero-order valence-corrected chi connectivity index (χ0v) is 13.0. The minimum Gasteiger partial charge on any atom is -0.373 e. The van der Waals surface area contributed by atoms with Crippen LogP contribution < -0.4 is 10.6 Å². The molecule has 0 radical (unpaired) electrons. The van der Waals surface area contributed by atoms with Crippen LogP contribution in [0.4, 0.5) is 11.6 Å². The second-order valence-electron chi connectivity index (χ2n) is 5.22. The zero-order valence-electron chi connectivity index (χ0n) is 12.2. The van der Waals surface area contributed by atoms with Gasteiger partial charge in [0.15, 0.2) is 0 Å². The minimum absolute atomic E-state index is 0.197. The molecule has 0 fully saturated rings. The molecule has 102 valence electrons. The lowest BCUT2D eigenvalue weighted by Gasteiger charge is -2.23. The average Bonchev–Trinajstić information content (AvgIpc) is 2.36. The summed E-state index contributed by atoms with van der Waals surface area (Å²) in [5.74, 6) is 2.94. The third-order valence-corrected chi connectivity index (χ3v) is 4.01. The van der Waals surface area contributed by atoms with Gasteiger partial charge in [-0.05, 0) is 20.1 Å². The molecule has 0 atom stereocenters. The van der Waals surface area contributed by atoms with Crippen molar-refractivity contribution in [3.63, 3.8) is 0 Å². The highest BCUT2D eigenvalue weighted by Gasteiger charge is 2.16. The van der Waals surface area contributed by atoms with Gasteiger partial charge in [0.2, 0.25) is 0 Å². The van der Waals surface area contributed by atoms with Gasteiger partial charge in [0.1, 0.15) is 17.5 Å².